The highest BCUT2D eigenvalue weighted by atomic mass is 32.2. The van der Waals surface area contributed by atoms with E-state index in [-0.39, 0.29) is 10.8 Å². The molecule has 3 heterocycles. The topological polar surface area (TPSA) is 233 Å². The summed E-state index contributed by atoms with van der Waals surface area (Å²) in [4.78, 5) is 73.4. The molecule has 37 heavy (non-hydrogen) atoms. The second kappa shape index (κ2) is 11.2. The number of nitrogens with zero attached hydrogens (tertiary/aromatic N) is 2. The maximum absolute atomic E-state index is 12.9. The number of urea groups is 1. The van der Waals surface area contributed by atoms with Gasteiger partial charge in [0.1, 0.15) is 17.5 Å². The molecule has 0 radical (unpaired) electrons. The molecule has 2 saturated heterocycles. The van der Waals surface area contributed by atoms with Crippen LogP contribution in [-0.2, 0) is 24.0 Å². The molecule has 2 fully saturated rings. The SMILES string of the molecule is CC1(C)S[C@@H]2[C@H](NC(=O)C(NC(=O)NN)c3csc(NC=O)n3)C(=O)N2[C@H]1C(=O)O.O=C(O)C(F)(F)F. The summed E-state index contributed by atoms with van der Waals surface area (Å²) < 4.78 is 31.0. The van der Waals surface area contributed by atoms with Gasteiger partial charge in [0, 0.05) is 10.1 Å². The van der Waals surface area contributed by atoms with E-state index in [0.717, 1.165) is 11.3 Å². The average molecular weight is 572 g/mol. The second-order valence-corrected chi connectivity index (χ2v) is 10.4. The first-order valence-corrected chi connectivity index (χ1v) is 11.6. The van der Waals surface area contributed by atoms with Crippen LogP contribution in [0, 0.1) is 0 Å². The number of nitrogens with two attached hydrogens (primary N) is 1. The average Bonchev–Trinajstić information content (AvgIpc) is 3.35. The number of rotatable bonds is 7. The first kappa shape index (κ1) is 29.6. The van der Waals surface area contributed by atoms with Gasteiger partial charge in [-0.1, -0.05) is 0 Å². The summed E-state index contributed by atoms with van der Waals surface area (Å²) in [5.74, 6) is -0.0763. The third-order valence-corrected chi connectivity index (χ3v) is 7.25. The first-order valence-electron chi connectivity index (χ1n) is 9.81. The molecule has 2 aliphatic heterocycles. The first-order chi connectivity index (χ1) is 17.0. The smallest absolute Gasteiger partial charge is 0.480 e. The Balaban J connectivity index is 0.000000604. The number of halogens is 3. The molecule has 1 unspecified atom stereocenters. The zero-order chi connectivity index (χ0) is 28.3. The van der Waals surface area contributed by atoms with Crippen LogP contribution in [0.3, 0.4) is 0 Å². The molecule has 0 bridgehead atoms. The standard InChI is InChI=1S/C15H19N7O6S2.C2HF3O2/c1-15(2)8(12(26)27)22-10(25)7(11(22)30-15)19-9(24)6(20-13(28)21-16)5-3-29-14(18-5)17-4-23;3-2(4,5)1(6)7/h3-4,6-8,11H,16H2,1-2H3,(H,19,24)(H,26,27)(H,17,18,23)(H2,20,21,28);(H,6,7)/t6?,7-,8+,11-;/m1./s1. The fourth-order valence-electron chi connectivity index (χ4n) is 3.36. The quantitative estimate of drug-likeness (QED) is 0.0703. The highest BCUT2D eigenvalue weighted by Gasteiger charge is 2.64. The van der Waals surface area contributed by atoms with Crippen molar-refractivity contribution in [2.75, 3.05) is 5.32 Å². The number of anilines is 1. The number of carboxylic acid groups (broad SMARTS) is 2. The number of nitrogens with one attached hydrogen (secondary N) is 4. The lowest BCUT2D eigenvalue weighted by atomic mass is 9.96. The molecule has 0 aromatic carbocycles. The van der Waals surface area contributed by atoms with E-state index in [1.807, 2.05) is 5.43 Å². The number of carbonyl (C=O) groups excluding carboxylic acids is 4. The monoisotopic (exact) mass is 571 g/mol. The molecule has 8 N–H and O–H groups in total. The van der Waals surface area contributed by atoms with Crippen molar-refractivity contribution in [2.45, 2.75) is 48.3 Å². The molecular formula is C17H20F3N7O8S2. The fourth-order valence-corrected chi connectivity index (χ4v) is 5.68. The Bertz CT molecular complexity index is 1100. The summed E-state index contributed by atoms with van der Waals surface area (Å²) in [5, 5.41) is 24.9. The van der Waals surface area contributed by atoms with Gasteiger partial charge >= 0.3 is 24.1 Å². The molecule has 20 heteroatoms. The summed E-state index contributed by atoms with van der Waals surface area (Å²) in [6.45, 7) is 3.43. The van der Waals surface area contributed by atoms with Crippen LogP contribution in [0.5, 0.6) is 0 Å². The van der Waals surface area contributed by atoms with Crippen molar-refractivity contribution in [3.63, 3.8) is 0 Å². The third kappa shape index (κ3) is 6.57. The maximum atomic E-state index is 12.9. The minimum Gasteiger partial charge on any atom is -0.480 e. The number of carbonyl (C=O) groups is 6. The van der Waals surface area contributed by atoms with E-state index < -0.39 is 64.2 Å². The Morgan fingerprint density at radius 3 is 2.35 bits per heavy atom. The van der Waals surface area contributed by atoms with E-state index in [1.54, 1.807) is 13.8 Å². The van der Waals surface area contributed by atoms with Gasteiger partial charge in [0.05, 0.1) is 5.69 Å². The summed E-state index contributed by atoms with van der Waals surface area (Å²) in [6, 6.07) is -4.14. The van der Waals surface area contributed by atoms with Crippen LogP contribution in [0.15, 0.2) is 5.38 Å². The second-order valence-electron chi connectivity index (χ2n) is 7.78. The number of fused-ring (bicyclic) bond motifs is 1. The molecule has 15 nitrogen and oxygen atoms in total. The van der Waals surface area contributed by atoms with Gasteiger partial charge in [0.15, 0.2) is 11.2 Å². The molecular weight excluding hydrogens is 551 g/mol. The predicted molar refractivity (Wildman–Crippen MR) is 120 cm³/mol. The van der Waals surface area contributed by atoms with Crippen molar-refractivity contribution in [3.05, 3.63) is 11.1 Å². The van der Waals surface area contributed by atoms with Crippen LogP contribution >= 0.6 is 23.1 Å². The minimum absolute atomic E-state index is 0.122. The van der Waals surface area contributed by atoms with E-state index in [1.165, 1.54) is 22.0 Å². The molecule has 4 atom stereocenters. The number of β-lactam (4-membered cyclic amide) rings is 1. The van der Waals surface area contributed by atoms with Gasteiger partial charge in [-0.3, -0.25) is 19.8 Å². The number of hydrogen-bond donors (Lipinski definition) is 7. The number of amides is 5. The van der Waals surface area contributed by atoms with Crippen LogP contribution in [0.25, 0.3) is 0 Å². The van der Waals surface area contributed by atoms with Crippen LogP contribution < -0.4 is 27.2 Å². The number of alkyl halides is 3. The molecule has 5 amide bonds. The number of aliphatic carboxylic acids is 2. The van der Waals surface area contributed by atoms with Crippen LogP contribution in [0.4, 0.5) is 23.1 Å². The van der Waals surface area contributed by atoms with Crippen LogP contribution in [-0.4, -0.2) is 84.7 Å². The molecule has 1 aromatic rings. The van der Waals surface area contributed by atoms with Gasteiger partial charge < -0.3 is 31.1 Å². The predicted octanol–water partition coefficient (Wildman–Crippen LogP) is -0.810. The minimum atomic E-state index is -5.08. The summed E-state index contributed by atoms with van der Waals surface area (Å²) in [5.41, 5.74) is 1.96. The van der Waals surface area contributed by atoms with Crippen LogP contribution in [0.2, 0.25) is 0 Å². The van der Waals surface area contributed by atoms with Crippen molar-refractivity contribution in [1.82, 2.24) is 25.9 Å². The van der Waals surface area contributed by atoms with Crippen molar-refractivity contribution >= 4 is 64.4 Å². The van der Waals surface area contributed by atoms with Crippen molar-refractivity contribution < 1.29 is 52.2 Å². The molecule has 3 rings (SSSR count). The third-order valence-electron chi connectivity index (χ3n) is 4.88. The summed E-state index contributed by atoms with van der Waals surface area (Å²) in [7, 11) is 0. The van der Waals surface area contributed by atoms with Gasteiger partial charge in [0.2, 0.25) is 18.2 Å². The van der Waals surface area contributed by atoms with Gasteiger partial charge in [-0.2, -0.15) is 13.2 Å². The van der Waals surface area contributed by atoms with Crippen molar-refractivity contribution in [3.8, 4) is 0 Å². The van der Waals surface area contributed by atoms with E-state index in [4.69, 9.17) is 15.7 Å². The highest BCUT2D eigenvalue weighted by Crippen LogP contribution is 2.50. The van der Waals surface area contributed by atoms with E-state index in [2.05, 4.69) is 20.9 Å². The van der Waals surface area contributed by atoms with Gasteiger partial charge in [-0.15, -0.1) is 23.1 Å². The zero-order valence-corrected chi connectivity index (χ0v) is 20.4. The number of carboxylic acids is 2. The number of thioether (sulfide) groups is 1. The van der Waals surface area contributed by atoms with Gasteiger partial charge in [0.25, 0.3) is 0 Å². The highest BCUT2D eigenvalue weighted by molar-refractivity contribution is 8.01. The summed E-state index contributed by atoms with van der Waals surface area (Å²) >= 11 is 2.30. The summed E-state index contributed by atoms with van der Waals surface area (Å²) in [6.07, 6.45) is -4.67. The fraction of sp³-hybridized carbons (Fsp3) is 0.471. The molecule has 0 spiro atoms. The molecule has 1 aromatic heterocycles. The Labute approximate surface area is 213 Å². The van der Waals surface area contributed by atoms with E-state index >= 15 is 0 Å². The number of hydrazine groups is 1. The largest absolute Gasteiger partial charge is 0.490 e. The Morgan fingerprint density at radius 2 is 1.86 bits per heavy atom. The van der Waals surface area contributed by atoms with Crippen LogP contribution in [0.1, 0.15) is 25.6 Å². The molecule has 204 valence electrons. The zero-order valence-electron chi connectivity index (χ0n) is 18.7. The molecule has 2 aliphatic rings. The lowest BCUT2D eigenvalue weighted by Crippen LogP contribution is -2.71. The Morgan fingerprint density at radius 1 is 1.27 bits per heavy atom. The van der Waals surface area contributed by atoms with Crippen molar-refractivity contribution in [2.24, 2.45) is 5.84 Å². The van der Waals surface area contributed by atoms with E-state index in [0.29, 0.717) is 6.41 Å². The number of hydrogen-bond acceptors (Lipinski definition) is 10. The van der Waals surface area contributed by atoms with Crippen molar-refractivity contribution in [1.29, 1.82) is 0 Å². The Kier molecular flexibility index (Phi) is 8.93. The number of aromatic nitrogens is 1. The lowest BCUT2D eigenvalue weighted by Gasteiger charge is -2.43. The molecule has 0 aliphatic carbocycles. The van der Waals surface area contributed by atoms with Gasteiger partial charge in [-0.25, -0.2) is 25.2 Å². The molecule has 0 saturated carbocycles. The maximum Gasteiger partial charge on any atom is 0.490 e. The number of thiazole rings is 1. The lowest BCUT2D eigenvalue weighted by molar-refractivity contribution is -0.192. The van der Waals surface area contributed by atoms with Gasteiger partial charge in [-0.05, 0) is 13.8 Å². The Hall–Kier alpha value is -3.65. The van der Waals surface area contributed by atoms with E-state index in [9.17, 15) is 42.3 Å². The normalized spacial score (nSPS) is 22.3.